The second-order valence-corrected chi connectivity index (χ2v) is 7.04. The Balaban J connectivity index is 1.81. The van der Waals surface area contributed by atoms with Crippen LogP contribution in [0.1, 0.15) is 41.0 Å². The molecule has 1 aromatic carbocycles. The highest BCUT2D eigenvalue weighted by molar-refractivity contribution is 5.95. The summed E-state index contributed by atoms with van der Waals surface area (Å²) in [4.78, 5) is 25.5. The van der Waals surface area contributed by atoms with Crippen molar-refractivity contribution in [3.63, 3.8) is 0 Å². The molecule has 144 valence electrons. The number of hydrogen-bond donors (Lipinski definition) is 2. The zero-order chi connectivity index (χ0) is 19.6. The van der Waals surface area contributed by atoms with Crippen molar-refractivity contribution in [2.24, 2.45) is 5.73 Å². The Kier molecular flexibility index (Phi) is 5.60. The molecule has 1 saturated heterocycles. The fraction of sp³-hybridized carbons (Fsp3) is 0.450. The first kappa shape index (κ1) is 19.1. The van der Waals surface area contributed by atoms with E-state index in [1.807, 2.05) is 38.1 Å². The minimum Gasteiger partial charge on any atom is -0.394 e. The lowest BCUT2D eigenvalue weighted by atomic mass is 10.0. The Morgan fingerprint density at radius 2 is 1.96 bits per heavy atom. The number of rotatable bonds is 6. The zero-order valence-electron chi connectivity index (χ0n) is 15.8. The number of aliphatic hydroxyl groups is 1. The van der Waals surface area contributed by atoms with Crippen molar-refractivity contribution >= 4 is 11.8 Å². The van der Waals surface area contributed by atoms with Gasteiger partial charge in [-0.15, -0.1) is 0 Å². The van der Waals surface area contributed by atoms with Gasteiger partial charge in [0.2, 0.25) is 5.91 Å². The molecule has 3 N–H and O–H groups in total. The van der Waals surface area contributed by atoms with Crippen LogP contribution in [0.4, 0.5) is 0 Å². The molecule has 2 heterocycles. The van der Waals surface area contributed by atoms with Gasteiger partial charge in [-0.1, -0.05) is 12.1 Å². The van der Waals surface area contributed by atoms with E-state index in [-0.39, 0.29) is 30.9 Å². The summed E-state index contributed by atoms with van der Waals surface area (Å²) < 4.78 is 1.80. The van der Waals surface area contributed by atoms with Crippen molar-refractivity contribution in [1.29, 1.82) is 0 Å². The van der Waals surface area contributed by atoms with Crippen LogP contribution in [0.5, 0.6) is 0 Å². The lowest BCUT2D eigenvalue weighted by Gasteiger charge is -2.23. The van der Waals surface area contributed by atoms with Crippen molar-refractivity contribution in [2.45, 2.75) is 45.7 Å². The number of nitrogens with zero attached hydrogens (tertiary/aromatic N) is 3. The van der Waals surface area contributed by atoms with Gasteiger partial charge in [0.1, 0.15) is 0 Å². The standard InChI is InChI=1S/C20H26N4O3/c1-13-19(14(2)24(22-13)11-9-18(21)26)15-5-7-16(8-6-15)20(27)23-10-3-4-17(23)12-25/h5-8,17,25H,3-4,9-12H2,1-2H3,(H2,21,26)/t17-/m0/s1. The molecule has 7 nitrogen and oxygen atoms in total. The molecule has 1 aliphatic rings. The van der Waals surface area contributed by atoms with Crippen LogP contribution in [-0.4, -0.2) is 50.8 Å². The molecule has 1 aromatic heterocycles. The van der Waals surface area contributed by atoms with Gasteiger partial charge in [-0.3, -0.25) is 14.3 Å². The van der Waals surface area contributed by atoms with Gasteiger partial charge in [0.25, 0.3) is 5.91 Å². The molecule has 0 radical (unpaired) electrons. The molecule has 2 aromatic rings. The highest BCUT2D eigenvalue weighted by Gasteiger charge is 2.28. The third kappa shape index (κ3) is 3.88. The topological polar surface area (TPSA) is 101 Å². The molecular weight excluding hydrogens is 344 g/mol. The van der Waals surface area contributed by atoms with E-state index in [0.29, 0.717) is 18.7 Å². The zero-order valence-corrected chi connectivity index (χ0v) is 15.8. The lowest BCUT2D eigenvalue weighted by molar-refractivity contribution is -0.118. The second-order valence-electron chi connectivity index (χ2n) is 7.04. The second kappa shape index (κ2) is 7.92. The maximum absolute atomic E-state index is 12.7. The van der Waals surface area contributed by atoms with Gasteiger partial charge < -0.3 is 15.7 Å². The summed E-state index contributed by atoms with van der Waals surface area (Å²) in [5.41, 5.74) is 9.67. The fourth-order valence-corrected chi connectivity index (χ4v) is 3.79. The molecule has 1 fully saturated rings. The van der Waals surface area contributed by atoms with Crippen LogP contribution in [0.25, 0.3) is 11.1 Å². The normalized spacial score (nSPS) is 16.7. The van der Waals surface area contributed by atoms with Crippen LogP contribution >= 0.6 is 0 Å². The Bertz CT molecular complexity index is 842. The predicted molar refractivity (Wildman–Crippen MR) is 102 cm³/mol. The summed E-state index contributed by atoms with van der Waals surface area (Å²) >= 11 is 0. The van der Waals surface area contributed by atoms with Gasteiger partial charge in [0, 0.05) is 36.3 Å². The average molecular weight is 370 g/mol. The van der Waals surface area contributed by atoms with Crippen LogP contribution in [0.3, 0.4) is 0 Å². The van der Waals surface area contributed by atoms with Gasteiger partial charge in [-0.2, -0.15) is 5.10 Å². The number of benzene rings is 1. The number of likely N-dealkylation sites (tertiary alicyclic amines) is 1. The summed E-state index contributed by atoms with van der Waals surface area (Å²) in [6.45, 7) is 5.04. The number of aryl methyl sites for hydroxylation is 2. The van der Waals surface area contributed by atoms with Crippen LogP contribution in [0, 0.1) is 13.8 Å². The summed E-state index contributed by atoms with van der Waals surface area (Å²) in [6, 6.07) is 7.41. The molecule has 0 spiro atoms. The molecule has 1 atom stereocenters. The molecule has 2 amide bonds. The first-order valence-electron chi connectivity index (χ1n) is 9.27. The van der Waals surface area contributed by atoms with E-state index in [1.165, 1.54) is 0 Å². The van der Waals surface area contributed by atoms with Gasteiger partial charge in [-0.05, 0) is 44.4 Å². The number of carbonyl (C=O) groups excluding carboxylic acids is 2. The summed E-state index contributed by atoms with van der Waals surface area (Å²) in [5.74, 6) is -0.390. The maximum atomic E-state index is 12.7. The van der Waals surface area contributed by atoms with E-state index in [4.69, 9.17) is 5.73 Å². The average Bonchev–Trinajstić information content (AvgIpc) is 3.23. The lowest BCUT2D eigenvalue weighted by Crippen LogP contribution is -2.37. The minimum absolute atomic E-state index is 0.00665. The number of amides is 2. The number of aliphatic hydroxyl groups excluding tert-OH is 1. The Hall–Kier alpha value is -2.67. The SMILES string of the molecule is Cc1nn(CCC(N)=O)c(C)c1-c1ccc(C(=O)N2CCC[C@H]2CO)cc1. The third-order valence-electron chi connectivity index (χ3n) is 5.22. The largest absolute Gasteiger partial charge is 0.394 e. The Morgan fingerprint density at radius 3 is 2.59 bits per heavy atom. The van der Waals surface area contributed by atoms with Crippen molar-refractivity contribution in [1.82, 2.24) is 14.7 Å². The number of nitrogens with two attached hydrogens (primary N) is 1. The molecule has 0 aliphatic carbocycles. The molecule has 0 unspecified atom stereocenters. The maximum Gasteiger partial charge on any atom is 0.254 e. The first-order chi connectivity index (χ1) is 12.9. The molecular formula is C20H26N4O3. The van der Waals surface area contributed by atoms with E-state index in [1.54, 1.807) is 9.58 Å². The molecule has 1 aliphatic heterocycles. The first-order valence-corrected chi connectivity index (χ1v) is 9.27. The van der Waals surface area contributed by atoms with Gasteiger partial charge >= 0.3 is 0 Å². The van der Waals surface area contributed by atoms with Crippen molar-refractivity contribution in [2.75, 3.05) is 13.2 Å². The van der Waals surface area contributed by atoms with E-state index >= 15 is 0 Å². The van der Waals surface area contributed by atoms with Crippen molar-refractivity contribution < 1.29 is 14.7 Å². The predicted octanol–water partition coefficient (Wildman–Crippen LogP) is 1.64. The highest BCUT2D eigenvalue weighted by atomic mass is 16.3. The Morgan fingerprint density at radius 1 is 1.26 bits per heavy atom. The van der Waals surface area contributed by atoms with E-state index in [9.17, 15) is 14.7 Å². The Labute approximate surface area is 158 Å². The third-order valence-corrected chi connectivity index (χ3v) is 5.22. The molecule has 0 saturated carbocycles. The van der Waals surface area contributed by atoms with Crippen molar-refractivity contribution in [3.8, 4) is 11.1 Å². The quantitative estimate of drug-likeness (QED) is 0.807. The van der Waals surface area contributed by atoms with Crippen LogP contribution < -0.4 is 5.73 Å². The minimum atomic E-state index is -0.352. The number of primary amides is 1. The van der Waals surface area contributed by atoms with E-state index < -0.39 is 0 Å². The van der Waals surface area contributed by atoms with Crippen LogP contribution in [0.15, 0.2) is 24.3 Å². The molecule has 0 bridgehead atoms. The van der Waals surface area contributed by atoms with Gasteiger partial charge in [0.05, 0.1) is 18.3 Å². The molecule has 7 heteroatoms. The smallest absolute Gasteiger partial charge is 0.254 e. The number of hydrogen-bond acceptors (Lipinski definition) is 4. The highest BCUT2D eigenvalue weighted by Crippen LogP contribution is 2.28. The van der Waals surface area contributed by atoms with Crippen LogP contribution in [-0.2, 0) is 11.3 Å². The summed E-state index contributed by atoms with van der Waals surface area (Å²) in [6.07, 6.45) is 2.03. The number of carbonyl (C=O) groups is 2. The van der Waals surface area contributed by atoms with E-state index in [0.717, 1.165) is 35.4 Å². The van der Waals surface area contributed by atoms with Crippen molar-refractivity contribution in [3.05, 3.63) is 41.2 Å². The van der Waals surface area contributed by atoms with E-state index in [2.05, 4.69) is 5.10 Å². The summed E-state index contributed by atoms with van der Waals surface area (Å²) in [7, 11) is 0. The van der Waals surface area contributed by atoms with Gasteiger partial charge in [0.15, 0.2) is 0 Å². The molecule has 3 rings (SSSR count). The van der Waals surface area contributed by atoms with Gasteiger partial charge in [-0.25, -0.2) is 0 Å². The monoisotopic (exact) mass is 370 g/mol. The number of aromatic nitrogens is 2. The fourth-order valence-electron chi connectivity index (χ4n) is 3.79. The summed E-state index contributed by atoms with van der Waals surface area (Å²) in [5, 5.41) is 13.9. The van der Waals surface area contributed by atoms with Crippen LogP contribution in [0.2, 0.25) is 0 Å². The molecule has 27 heavy (non-hydrogen) atoms.